The van der Waals surface area contributed by atoms with Crippen LogP contribution in [0.15, 0.2) is 36.4 Å². The molecule has 0 radical (unpaired) electrons. The number of hydrogen-bond acceptors (Lipinski definition) is 3. The third kappa shape index (κ3) is 3.30. The molecule has 2 rings (SSSR count). The highest BCUT2D eigenvalue weighted by atomic mass is 35.5. The zero-order chi connectivity index (χ0) is 14.5. The lowest BCUT2D eigenvalue weighted by Crippen LogP contribution is -1.99. The summed E-state index contributed by atoms with van der Waals surface area (Å²) in [6, 6.07) is 12.8. The predicted octanol–water partition coefficient (Wildman–Crippen LogP) is 3.59. The van der Waals surface area contributed by atoms with Gasteiger partial charge in [0, 0.05) is 0 Å². The molecular formula is C16H14ClNO2. The Morgan fingerprint density at radius 1 is 1.25 bits per heavy atom. The molecule has 3 nitrogen and oxygen atoms in total. The molecule has 0 aromatic heterocycles. The monoisotopic (exact) mass is 287 g/mol. The molecule has 20 heavy (non-hydrogen) atoms. The molecule has 0 saturated heterocycles. The first-order valence-electron chi connectivity index (χ1n) is 6.15. The number of aliphatic hydroxyl groups is 1. The van der Waals surface area contributed by atoms with E-state index < -0.39 is 0 Å². The second kappa shape index (κ2) is 6.42. The highest BCUT2D eigenvalue weighted by molar-refractivity contribution is 6.32. The molecule has 0 amide bonds. The van der Waals surface area contributed by atoms with Crippen molar-refractivity contribution in [3.63, 3.8) is 0 Å². The molecule has 0 aliphatic carbocycles. The maximum atomic E-state index is 9.02. The average molecular weight is 288 g/mol. The molecule has 0 aliphatic heterocycles. The summed E-state index contributed by atoms with van der Waals surface area (Å²) < 4.78 is 5.68. The maximum Gasteiger partial charge on any atom is 0.138 e. The van der Waals surface area contributed by atoms with Crippen LogP contribution in [-0.4, -0.2) is 5.11 Å². The zero-order valence-corrected chi connectivity index (χ0v) is 11.8. The summed E-state index contributed by atoms with van der Waals surface area (Å²) in [6.45, 7) is 2.28. The number of hydrogen-bond donors (Lipinski definition) is 1. The van der Waals surface area contributed by atoms with Gasteiger partial charge in [-0.1, -0.05) is 23.7 Å². The first-order valence-corrected chi connectivity index (χ1v) is 6.53. The van der Waals surface area contributed by atoms with Gasteiger partial charge in [0.15, 0.2) is 0 Å². The van der Waals surface area contributed by atoms with Gasteiger partial charge in [0.05, 0.1) is 23.3 Å². The normalized spacial score (nSPS) is 10.1. The van der Waals surface area contributed by atoms with Crippen molar-refractivity contribution in [2.45, 2.75) is 20.1 Å². The van der Waals surface area contributed by atoms with E-state index in [1.807, 2.05) is 19.1 Å². The number of rotatable bonds is 4. The average Bonchev–Trinajstić information content (AvgIpc) is 2.46. The predicted molar refractivity (Wildman–Crippen MR) is 77.6 cm³/mol. The quantitative estimate of drug-likeness (QED) is 0.935. The standard InChI is InChI=1S/C16H14ClNO2/c1-11-6-12(8-18)2-4-14(11)10-20-16-5-3-13(9-19)7-15(16)17/h2-7,19H,9-10H2,1H3. The fraction of sp³-hybridized carbons (Fsp3) is 0.188. The van der Waals surface area contributed by atoms with E-state index in [1.165, 1.54) is 0 Å². The van der Waals surface area contributed by atoms with E-state index in [1.54, 1.807) is 24.3 Å². The van der Waals surface area contributed by atoms with E-state index in [9.17, 15) is 0 Å². The van der Waals surface area contributed by atoms with Gasteiger partial charge in [-0.3, -0.25) is 0 Å². The molecule has 1 N–H and O–H groups in total. The SMILES string of the molecule is Cc1cc(C#N)ccc1COc1ccc(CO)cc1Cl. The molecule has 2 aromatic carbocycles. The molecule has 0 aliphatic rings. The van der Waals surface area contributed by atoms with Gasteiger partial charge in [-0.05, 0) is 47.9 Å². The van der Waals surface area contributed by atoms with Gasteiger partial charge in [0.25, 0.3) is 0 Å². The Kier molecular flexibility index (Phi) is 4.62. The fourth-order valence-electron chi connectivity index (χ4n) is 1.84. The Labute approximate surface area is 123 Å². The minimum absolute atomic E-state index is 0.0469. The molecule has 0 fully saturated rings. The van der Waals surface area contributed by atoms with Gasteiger partial charge in [0.1, 0.15) is 12.4 Å². The second-order valence-electron chi connectivity index (χ2n) is 4.46. The van der Waals surface area contributed by atoms with Crippen molar-refractivity contribution < 1.29 is 9.84 Å². The summed E-state index contributed by atoms with van der Waals surface area (Å²) in [6.07, 6.45) is 0. The molecule has 2 aromatic rings. The van der Waals surface area contributed by atoms with Crippen LogP contribution in [0, 0.1) is 18.3 Å². The minimum Gasteiger partial charge on any atom is -0.487 e. The molecular weight excluding hydrogens is 274 g/mol. The largest absolute Gasteiger partial charge is 0.487 e. The number of aliphatic hydroxyl groups excluding tert-OH is 1. The summed E-state index contributed by atoms with van der Waals surface area (Å²) in [7, 11) is 0. The summed E-state index contributed by atoms with van der Waals surface area (Å²) >= 11 is 6.08. The summed E-state index contributed by atoms with van der Waals surface area (Å²) in [5.41, 5.74) is 3.40. The Morgan fingerprint density at radius 2 is 2.05 bits per heavy atom. The molecule has 0 atom stereocenters. The van der Waals surface area contributed by atoms with Crippen molar-refractivity contribution in [1.29, 1.82) is 5.26 Å². The van der Waals surface area contributed by atoms with Crippen molar-refractivity contribution in [1.82, 2.24) is 0 Å². The topological polar surface area (TPSA) is 53.2 Å². The fourth-order valence-corrected chi connectivity index (χ4v) is 2.10. The Morgan fingerprint density at radius 3 is 2.65 bits per heavy atom. The van der Waals surface area contributed by atoms with E-state index in [0.29, 0.717) is 22.9 Å². The van der Waals surface area contributed by atoms with Crippen molar-refractivity contribution >= 4 is 11.6 Å². The third-order valence-electron chi connectivity index (χ3n) is 3.03. The third-order valence-corrected chi connectivity index (χ3v) is 3.33. The smallest absolute Gasteiger partial charge is 0.138 e. The minimum atomic E-state index is -0.0469. The van der Waals surface area contributed by atoms with Gasteiger partial charge in [-0.25, -0.2) is 0 Å². The van der Waals surface area contributed by atoms with Gasteiger partial charge in [0.2, 0.25) is 0 Å². The maximum absolute atomic E-state index is 9.02. The van der Waals surface area contributed by atoms with Crippen molar-refractivity contribution in [3.8, 4) is 11.8 Å². The Hall–Kier alpha value is -2.02. The number of aryl methyl sites for hydroxylation is 1. The first-order chi connectivity index (χ1) is 9.63. The highest BCUT2D eigenvalue weighted by Gasteiger charge is 2.05. The lowest BCUT2D eigenvalue weighted by atomic mass is 10.1. The number of nitrogens with zero attached hydrogens (tertiary/aromatic N) is 1. The van der Waals surface area contributed by atoms with Gasteiger partial charge < -0.3 is 9.84 Å². The number of benzene rings is 2. The van der Waals surface area contributed by atoms with E-state index in [2.05, 4.69) is 6.07 Å². The van der Waals surface area contributed by atoms with E-state index in [4.69, 9.17) is 26.7 Å². The van der Waals surface area contributed by atoms with E-state index in [0.717, 1.165) is 16.7 Å². The lowest BCUT2D eigenvalue weighted by Gasteiger charge is -2.11. The molecule has 0 bridgehead atoms. The van der Waals surface area contributed by atoms with Crippen LogP contribution in [0.3, 0.4) is 0 Å². The Bertz CT molecular complexity index is 662. The van der Waals surface area contributed by atoms with Crippen LogP contribution in [0.4, 0.5) is 0 Å². The summed E-state index contributed by atoms with van der Waals surface area (Å²) in [4.78, 5) is 0. The molecule has 0 heterocycles. The molecule has 0 unspecified atom stereocenters. The van der Waals surface area contributed by atoms with Crippen molar-refractivity contribution in [2.75, 3.05) is 0 Å². The second-order valence-corrected chi connectivity index (χ2v) is 4.87. The van der Waals surface area contributed by atoms with Crippen LogP contribution in [0.1, 0.15) is 22.3 Å². The van der Waals surface area contributed by atoms with Crippen LogP contribution in [0.2, 0.25) is 5.02 Å². The van der Waals surface area contributed by atoms with E-state index >= 15 is 0 Å². The van der Waals surface area contributed by atoms with Crippen LogP contribution in [0.5, 0.6) is 5.75 Å². The van der Waals surface area contributed by atoms with E-state index in [-0.39, 0.29) is 6.61 Å². The van der Waals surface area contributed by atoms with Crippen molar-refractivity contribution in [2.24, 2.45) is 0 Å². The molecule has 0 spiro atoms. The summed E-state index contributed by atoms with van der Waals surface area (Å²) in [5, 5.41) is 18.3. The van der Waals surface area contributed by atoms with Gasteiger partial charge >= 0.3 is 0 Å². The van der Waals surface area contributed by atoms with Crippen LogP contribution < -0.4 is 4.74 Å². The molecule has 4 heteroatoms. The van der Waals surface area contributed by atoms with Crippen LogP contribution in [0.25, 0.3) is 0 Å². The number of halogens is 1. The highest BCUT2D eigenvalue weighted by Crippen LogP contribution is 2.26. The molecule has 102 valence electrons. The van der Waals surface area contributed by atoms with Crippen LogP contribution in [-0.2, 0) is 13.2 Å². The zero-order valence-electron chi connectivity index (χ0n) is 11.1. The number of ether oxygens (including phenoxy) is 1. The van der Waals surface area contributed by atoms with Gasteiger partial charge in [-0.2, -0.15) is 5.26 Å². The lowest BCUT2D eigenvalue weighted by molar-refractivity contribution is 0.280. The Balaban J connectivity index is 2.11. The first kappa shape index (κ1) is 14.4. The van der Waals surface area contributed by atoms with Crippen LogP contribution >= 0.6 is 11.6 Å². The molecule has 0 saturated carbocycles. The summed E-state index contributed by atoms with van der Waals surface area (Å²) in [5.74, 6) is 0.577. The van der Waals surface area contributed by atoms with Crippen molar-refractivity contribution in [3.05, 3.63) is 63.7 Å². The number of nitriles is 1. The van der Waals surface area contributed by atoms with Gasteiger partial charge in [-0.15, -0.1) is 0 Å².